The number of esters is 1. The molecule has 144 valence electrons. The molecule has 0 unspecified atom stereocenters. The zero-order valence-corrected chi connectivity index (χ0v) is 16.8. The molecule has 10 heteroatoms. The van der Waals surface area contributed by atoms with E-state index in [1.165, 1.54) is 18.7 Å². The van der Waals surface area contributed by atoms with E-state index >= 15 is 0 Å². The molecular weight excluding hydrogens is 380 g/mol. The fourth-order valence-corrected chi connectivity index (χ4v) is 2.78. The van der Waals surface area contributed by atoms with Crippen LogP contribution in [0.1, 0.15) is 38.6 Å². The lowest BCUT2D eigenvalue weighted by Crippen LogP contribution is -2.22. The maximum atomic E-state index is 11.5. The van der Waals surface area contributed by atoms with Crippen LogP contribution in [-0.4, -0.2) is 39.0 Å². The van der Waals surface area contributed by atoms with Gasteiger partial charge < -0.3 is 15.4 Å². The van der Waals surface area contributed by atoms with Crippen LogP contribution in [0.15, 0.2) is 16.8 Å². The predicted octanol–water partition coefficient (Wildman–Crippen LogP) is 2.21. The molecule has 0 atom stereocenters. The highest BCUT2D eigenvalue weighted by Crippen LogP contribution is 2.27. The molecule has 0 aromatic carbocycles. The van der Waals surface area contributed by atoms with Gasteiger partial charge >= 0.3 is 5.97 Å². The number of nitrogens with two attached hydrogens (primary N) is 1. The Morgan fingerprint density at radius 3 is 2.50 bits per heavy atom. The minimum Gasteiger partial charge on any atom is -0.466 e. The van der Waals surface area contributed by atoms with Gasteiger partial charge in [0.2, 0.25) is 6.41 Å². The van der Waals surface area contributed by atoms with Gasteiger partial charge in [-0.3, -0.25) is 14.4 Å². The van der Waals surface area contributed by atoms with Crippen LogP contribution in [0.4, 0.5) is 5.82 Å². The fourth-order valence-electron chi connectivity index (χ4n) is 1.98. The topological polar surface area (TPSA) is 115 Å². The first kappa shape index (κ1) is 23.9. The molecule has 2 N–H and O–H groups in total. The van der Waals surface area contributed by atoms with Crippen molar-refractivity contribution in [3.8, 4) is 0 Å². The highest BCUT2D eigenvalue weighted by Gasteiger charge is 2.15. The molecule has 0 aliphatic carbocycles. The van der Waals surface area contributed by atoms with Crippen LogP contribution < -0.4 is 5.73 Å². The van der Waals surface area contributed by atoms with E-state index in [2.05, 4.69) is 9.97 Å². The molecule has 1 amide bonds. The third-order valence-electron chi connectivity index (χ3n) is 3.22. The number of allylic oxidation sites excluding steroid dienone is 1. The molecule has 8 nitrogen and oxygen atoms in total. The smallest absolute Gasteiger partial charge is 0.302 e. The van der Waals surface area contributed by atoms with Crippen molar-refractivity contribution in [3.63, 3.8) is 0 Å². The van der Waals surface area contributed by atoms with Gasteiger partial charge in [0, 0.05) is 42.6 Å². The number of ether oxygens (including phenoxy) is 1. The van der Waals surface area contributed by atoms with E-state index in [0.29, 0.717) is 40.6 Å². The number of aromatic nitrogens is 2. The Labute approximate surface area is 163 Å². The normalized spacial score (nSPS) is 11.1. The van der Waals surface area contributed by atoms with Crippen LogP contribution in [0, 0.1) is 6.92 Å². The van der Waals surface area contributed by atoms with Gasteiger partial charge in [-0.1, -0.05) is 11.8 Å². The van der Waals surface area contributed by atoms with E-state index in [-0.39, 0.29) is 30.7 Å². The quantitative estimate of drug-likeness (QED) is 0.519. The van der Waals surface area contributed by atoms with Crippen LogP contribution in [0.3, 0.4) is 0 Å². The molecule has 26 heavy (non-hydrogen) atoms. The van der Waals surface area contributed by atoms with Crippen LogP contribution in [0.25, 0.3) is 0 Å². The van der Waals surface area contributed by atoms with Crippen LogP contribution >= 0.6 is 24.2 Å². The summed E-state index contributed by atoms with van der Waals surface area (Å²) >= 11 is 1.01. The molecular formula is C16H23ClN4O4S. The zero-order valence-electron chi connectivity index (χ0n) is 15.1. The molecule has 1 rings (SSSR count). The van der Waals surface area contributed by atoms with Gasteiger partial charge in [0.05, 0.1) is 13.2 Å². The summed E-state index contributed by atoms with van der Waals surface area (Å²) < 4.78 is 4.92. The summed E-state index contributed by atoms with van der Waals surface area (Å²) in [6.45, 7) is 6.49. The van der Waals surface area contributed by atoms with Gasteiger partial charge in [0.15, 0.2) is 5.12 Å². The van der Waals surface area contributed by atoms with Crippen LogP contribution in [-0.2, 0) is 25.7 Å². The second-order valence-electron chi connectivity index (χ2n) is 5.25. The first-order valence-electron chi connectivity index (χ1n) is 7.56. The molecule has 0 fully saturated rings. The van der Waals surface area contributed by atoms with E-state index in [1.807, 2.05) is 0 Å². The Balaban J connectivity index is 0.00000625. The van der Waals surface area contributed by atoms with Crippen molar-refractivity contribution >= 4 is 47.5 Å². The minimum absolute atomic E-state index is 0. The molecule has 1 aromatic heterocycles. The third-order valence-corrected chi connectivity index (χ3v) is 4.26. The number of rotatable bonds is 8. The number of amides is 1. The summed E-state index contributed by atoms with van der Waals surface area (Å²) in [6.07, 6.45) is 2.55. The number of carbonyl (C=O) groups excluding carboxylic acids is 3. The summed E-state index contributed by atoms with van der Waals surface area (Å²) in [5.41, 5.74) is 7.05. The highest BCUT2D eigenvalue weighted by atomic mass is 35.5. The van der Waals surface area contributed by atoms with Crippen molar-refractivity contribution in [2.24, 2.45) is 0 Å². The molecule has 0 spiro atoms. The van der Waals surface area contributed by atoms with Crippen molar-refractivity contribution < 1.29 is 19.1 Å². The van der Waals surface area contributed by atoms with Crippen molar-refractivity contribution in [2.45, 2.75) is 40.7 Å². The summed E-state index contributed by atoms with van der Waals surface area (Å²) in [6, 6.07) is 0. The van der Waals surface area contributed by atoms with Gasteiger partial charge in [-0.05, 0) is 13.8 Å². The predicted molar refractivity (Wildman–Crippen MR) is 102 cm³/mol. The Morgan fingerprint density at radius 2 is 2.00 bits per heavy atom. The Morgan fingerprint density at radius 1 is 1.35 bits per heavy atom. The van der Waals surface area contributed by atoms with Crippen LogP contribution in [0.5, 0.6) is 0 Å². The van der Waals surface area contributed by atoms with E-state index in [9.17, 15) is 14.4 Å². The molecule has 1 aromatic rings. The molecule has 0 saturated heterocycles. The molecule has 0 aliphatic heterocycles. The maximum Gasteiger partial charge on any atom is 0.302 e. The number of carbonyl (C=O) groups is 3. The minimum atomic E-state index is -0.401. The van der Waals surface area contributed by atoms with Crippen LogP contribution in [0.2, 0.25) is 0 Å². The van der Waals surface area contributed by atoms with Crippen molar-refractivity contribution in [1.29, 1.82) is 0 Å². The van der Waals surface area contributed by atoms with Gasteiger partial charge in [-0.2, -0.15) is 0 Å². The molecule has 1 heterocycles. The highest BCUT2D eigenvalue weighted by molar-refractivity contribution is 8.16. The summed E-state index contributed by atoms with van der Waals surface area (Å²) in [5, 5.41) is -0.124. The number of nitrogens with zero attached hydrogens (tertiary/aromatic N) is 3. The van der Waals surface area contributed by atoms with Gasteiger partial charge in [0.25, 0.3) is 0 Å². The molecule has 0 aliphatic rings. The first-order valence-corrected chi connectivity index (χ1v) is 8.37. The maximum absolute atomic E-state index is 11.5. The monoisotopic (exact) mass is 402 g/mol. The number of anilines is 1. The average Bonchev–Trinajstić information content (AvgIpc) is 2.52. The number of nitrogen functional groups attached to an aromatic ring is 1. The second kappa shape index (κ2) is 11.5. The lowest BCUT2D eigenvalue weighted by Gasteiger charge is -2.22. The van der Waals surface area contributed by atoms with Crippen molar-refractivity contribution in [3.05, 3.63) is 28.2 Å². The summed E-state index contributed by atoms with van der Waals surface area (Å²) in [4.78, 5) is 44.2. The van der Waals surface area contributed by atoms with Gasteiger partial charge in [-0.15, -0.1) is 12.4 Å². The number of hydrogen-bond donors (Lipinski definition) is 1. The lowest BCUT2D eigenvalue weighted by atomic mass is 10.2. The largest absolute Gasteiger partial charge is 0.466 e. The summed E-state index contributed by atoms with van der Waals surface area (Å²) in [5.74, 6) is 0.440. The number of aryl methyl sites for hydroxylation is 1. The first-order chi connectivity index (χ1) is 11.7. The number of halogens is 1. The third kappa shape index (κ3) is 7.83. The fraction of sp³-hybridized carbons (Fsp3) is 0.438. The standard InChI is InChI=1S/C16H22N4O4S.ClH/c1-10(15(25-13(4)23)5-6-24-12(3)22)20(9-21)8-14-7-18-11(2)19-16(14)17;/h7,9H,5-6,8H2,1-4H3,(H2,17,18,19);1H/b15-10-;. The molecule has 0 radical (unpaired) electrons. The summed E-state index contributed by atoms with van der Waals surface area (Å²) in [7, 11) is 0. The Bertz CT molecular complexity index is 697. The van der Waals surface area contributed by atoms with E-state index in [4.69, 9.17) is 10.5 Å². The van der Waals surface area contributed by atoms with E-state index in [1.54, 1.807) is 20.0 Å². The number of hydrogen-bond acceptors (Lipinski definition) is 8. The lowest BCUT2D eigenvalue weighted by molar-refractivity contribution is -0.140. The van der Waals surface area contributed by atoms with E-state index in [0.717, 1.165) is 11.8 Å². The Kier molecular flexibility index (Phi) is 10.5. The number of thioether (sulfide) groups is 1. The van der Waals surface area contributed by atoms with Crippen molar-refractivity contribution in [1.82, 2.24) is 14.9 Å². The second-order valence-corrected chi connectivity index (χ2v) is 6.53. The average molecular weight is 403 g/mol. The SMILES string of the molecule is CC(=O)OCC/C(SC(C)=O)=C(\C)N(C=O)Cc1cnc(C)nc1N.Cl. The van der Waals surface area contributed by atoms with Gasteiger partial charge in [-0.25, -0.2) is 9.97 Å². The Hall–Kier alpha value is -2.13. The zero-order chi connectivity index (χ0) is 19.0. The van der Waals surface area contributed by atoms with Gasteiger partial charge in [0.1, 0.15) is 11.6 Å². The van der Waals surface area contributed by atoms with Crippen molar-refractivity contribution in [2.75, 3.05) is 12.3 Å². The van der Waals surface area contributed by atoms with E-state index < -0.39 is 5.97 Å². The molecule has 0 bridgehead atoms. The molecule has 0 saturated carbocycles.